The number of hydrogen-bond donors (Lipinski definition) is 0. The van der Waals surface area contributed by atoms with Gasteiger partial charge in [0, 0.05) is 32.0 Å². The topological polar surface area (TPSA) is 58.6 Å². The monoisotopic (exact) mass is 292 g/mol. The molecule has 0 N–H and O–H groups in total. The van der Waals surface area contributed by atoms with Crippen molar-refractivity contribution in [2.24, 2.45) is 0 Å². The summed E-state index contributed by atoms with van der Waals surface area (Å²) >= 11 is 0. The molecule has 1 amide bonds. The molecular weight excluding hydrogens is 268 g/mol. The summed E-state index contributed by atoms with van der Waals surface area (Å²) in [6, 6.07) is 2.10. The highest BCUT2D eigenvalue weighted by Gasteiger charge is 2.32. The maximum atomic E-state index is 12.1. The minimum atomic E-state index is -0.458. The van der Waals surface area contributed by atoms with E-state index in [4.69, 9.17) is 4.74 Å². The number of likely N-dealkylation sites (N-methyl/N-ethyl adjacent to an activating group) is 1. The molecule has 21 heavy (non-hydrogen) atoms. The Hall–Kier alpha value is -1.85. The molecular formula is C15H24N4O2. The van der Waals surface area contributed by atoms with Crippen LogP contribution in [0.4, 0.5) is 10.7 Å². The van der Waals surface area contributed by atoms with Gasteiger partial charge in [0.25, 0.3) is 0 Å². The van der Waals surface area contributed by atoms with E-state index < -0.39 is 5.60 Å². The van der Waals surface area contributed by atoms with Gasteiger partial charge in [-0.05, 0) is 40.2 Å². The van der Waals surface area contributed by atoms with Crippen LogP contribution in [0.3, 0.4) is 0 Å². The standard InChI is InChI=1S/C15H24N4O2/c1-11-6-8-16-13(17-11)18(5)12-7-9-19(10-12)14(20)21-15(2,3)4/h6,8,12H,7,9-10H2,1-5H3/t12-/m0/s1. The van der Waals surface area contributed by atoms with E-state index in [-0.39, 0.29) is 12.1 Å². The summed E-state index contributed by atoms with van der Waals surface area (Å²) < 4.78 is 5.41. The van der Waals surface area contributed by atoms with E-state index in [0.717, 1.165) is 12.1 Å². The van der Waals surface area contributed by atoms with E-state index in [1.165, 1.54) is 0 Å². The van der Waals surface area contributed by atoms with Gasteiger partial charge in [-0.25, -0.2) is 14.8 Å². The summed E-state index contributed by atoms with van der Waals surface area (Å²) in [5, 5.41) is 0. The van der Waals surface area contributed by atoms with Crippen molar-refractivity contribution < 1.29 is 9.53 Å². The predicted molar refractivity (Wildman–Crippen MR) is 81.4 cm³/mol. The van der Waals surface area contributed by atoms with Crippen LogP contribution < -0.4 is 4.90 Å². The molecule has 1 saturated heterocycles. The first kappa shape index (κ1) is 15.5. The summed E-state index contributed by atoms with van der Waals surface area (Å²) in [7, 11) is 1.97. The van der Waals surface area contributed by atoms with E-state index in [0.29, 0.717) is 19.0 Å². The van der Waals surface area contributed by atoms with Gasteiger partial charge in [-0.1, -0.05) is 0 Å². The molecule has 0 spiro atoms. The van der Waals surface area contributed by atoms with Crippen molar-refractivity contribution >= 4 is 12.0 Å². The van der Waals surface area contributed by atoms with Crippen LogP contribution in [0.1, 0.15) is 32.9 Å². The number of aryl methyl sites for hydroxylation is 1. The maximum absolute atomic E-state index is 12.1. The van der Waals surface area contributed by atoms with Crippen molar-refractivity contribution in [2.45, 2.75) is 45.8 Å². The SMILES string of the molecule is Cc1ccnc(N(C)[C@H]2CCN(C(=O)OC(C)(C)C)C2)n1. The van der Waals surface area contributed by atoms with Gasteiger partial charge in [-0.2, -0.15) is 0 Å². The quantitative estimate of drug-likeness (QED) is 0.836. The summed E-state index contributed by atoms with van der Waals surface area (Å²) in [4.78, 5) is 24.6. The van der Waals surface area contributed by atoms with Crippen LogP contribution in [-0.4, -0.2) is 52.7 Å². The van der Waals surface area contributed by atoms with Crippen LogP contribution in [0.25, 0.3) is 0 Å². The Morgan fingerprint density at radius 2 is 2.19 bits per heavy atom. The van der Waals surface area contributed by atoms with Crippen molar-refractivity contribution in [3.05, 3.63) is 18.0 Å². The molecule has 1 aromatic rings. The maximum Gasteiger partial charge on any atom is 0.410 e. The van der Waals surface area contributed by atoms with Crippen LogP contribution in [0.2, 0.25) is 0 Å². The van der Waals surface area contributed by atoms with Gasteiger partial charge >= 0.3 is 6.09 Å². The van der Waals surface area contributed by atoms with E-state index in [2.05, 4.69) is 9.97 Å². The Bertz CT molecular complexity index is 513. The molecule has 6 nitrogen and oxygen atoms in total. The first-order chi connectivity index (χ1) is 9.76. The van der Waals surface area contributed by atoms with Crippen molar-refractivity contribution in [1.29, 1.82) is 0 Å². The third-order valence-electron chi connectivity index (χ3n) is 3.46. The molecule has 2 rings (SSSR count). The lowest BCUT2D eigenvalue weighted by atomic mass is 10.2. The molecule has 0 radical (unpaired) electrons. The number of ether oxygens (including phenoxy) is 1. The number of aromatic nitrogens is 2. The number of amides is 1. The normalized spacial score (nSPS) is 18.7. The minimum Gasteiger partial charge on any atom is -0.444 e. The van der Waals surface area contributed by atoms with E-state index in [1.54, 1.807) is 11.1 Å². The predicted octanol–water partition coefficient (Wildman–Crippen LogP) is 2.23. The lowest BCUT2D eigenvalue weighted by molar-refractivity contribution is 0.0292. The molecule has 1 atom stereocenters. The Morgan fingerprint density at radius 1 is 1.48 bits per heavy atom. The molecule has 1 fully saturated rings. The van der Waals surface area contributed by atoms with Crippen molar-refractivity contribution in [1.82, 2.24) is 14.9 Å². The van der Waals surface area contributed by atoms with Gasteiger partial charge in [-0.3, -0.25) is 0 Å². The molecule has 0 aromatic carbocycles. The largest absolute Gasteiger partial charge is 0.444 e. The van der Waals surface area contributed by atoms with E-state index >= 15 is 0 Å². The average Bonchev–Trinajstić information content (AvgIpc) is 2.85. The first-order valence-electron chi connectivity index (χ1n) is 7.26. The van der Waals surface area contributed by atoms with Gasteiger partial charge < -0.3 is 14.5 Å². The summed E-state index contributed by atoms with van der Waals surface area (Å²) in [5.74, 6) is 0.700. The van der Waals surface area contributed by atoms with Crippen molar-refractivity contribution in [3.8, 4) is 0 Å². The van der Waals surface area contributed by atoms with Crippen LogP contribution in [-0.2, 0) is 4.74 Å². The fourth-order valence-electron chi connectivity index (χ4n) is 2.32. The lowest BCUT2D eigenvalue weighted by Crippen LogP contribution is -2.39. The van der Waals surface area contributed by atoms with Crippen LogP contribution in [0.5, 0.6) is 0 Å². The fourth-order valence-corrected chi connectivity index (χ4v) is 2.32. The van der Waals surface area contributed by atoms with Crippen LogP contribution >= 0.6 is 0 Å². The van der Waals surface area contributed by atoms with Gasteiger partial charge in [-0.15, -0.1) is 0 Å². The zero-order valence-electron chi connectivity index (χ0n) is 13.5. The molecule has 0 unspecified atom stereocenters. The van der Waals surface area contributed by atoms with E-state index in [1.807, 2.05) is 45.7 Å². The third-order valence-corrected chi connectivity index (χ3v) is 3.46. The molecule has 1 aromatic heterocycles. The van der Waals surface area contributed by atoms with Gasteiger partial charge in [0.15, 0.2) is 0 Å². The third kappa shape index (κ3) is 4.06. The number of likely N-dealkylation sites (tertiary alicyclic amines) is 1. The number of hydrogen-bond acceptors (Lipinski definition) is 5. The Morgan fingerprint density at radius 3 is 2.81 bits per heavy atom. The van der Waals surface area contributed by atoms with Gasteiger partial charge in [0.1, 0.15) is 5.60 Å². The number of rotatable bonds is 2. The van der Waals surface area contributed by atoms with Crippen LogP contribution in [0, 0.1) is 6.92 Å². The molecule has 2 heterocycles. The molecule has 1 aliphatic rings. The smallest absolute Gasteiger partial charge is 0.410 e. The second-order valence-corrected chi connectivity index (χ2v) is 6.48. The Labute approximate surface area is 126 Å². The fraction of sp³-hybridized carbons (Fsp3) is 0.667. The van der Waals surface area contributed by atoms with Crippen LogP contribution in [0.15, 0.2) is 12.3 Å². The number of carbonyl (C=O) groups excluding carboxylic acids is 1. The minimum absolute atomic E-state index is 0.222. The summed E-state index contributed by atoms with van der Waals surface area (Å²) in [6.07, 6.45) is 2.41. The van der Waals surface area contributed by atoms with E-state index in [9.17, 15) is 4.79 Å². The molecule has 6 heteroatoms. The highest BCUT2D eigenvalue weighted by atomic mass is 16.6. The van der Waals surface area contributed by atoms with Gasteiger partial charge in [0.2, 0.25) is 5.95 Å². The summed E-state index contributed by atoms with van der Waals surface area (Å²) in [6.45, 7) is 8.93. The van der Waals surface area contributed by atoms with Crippen molar-refractivity contribution in [3.63, 3.8) is 0 Å². The molecule has 0 bridgehead atoms. The first-order valence-corrected chi connectivity index (χ1v) is 7.26. The Balaban J connectivity index is 1.97. The molecule has 0 aliphatic carbocycles. The van der Waals surface area contributed by atoms with Gasteiger partial charge in [0.05, 0.1) is 6.04 Å². The number of nitrogens with zero attached hydrogens (tertiary/aromatic N) is 4. The highest BCUT2D eigenvalue weighted by molar-refractivity contribution is 5.68. The lowest BCUT2D eigenvalue weighted by Gasteiger charge is -2.26. The molecule has 1 aliphatic heterocycles. The number of anilines is 1. The Kier molecular flexibility index (Phi) is 4.34. The zero-order valence-corrected chi connectivity index (χ0v) is 13.5. The second-order valence-electron chi connectivity index (χ2n) is 6.48. The zero-order chi connectivity index (χ0) is 15.6. The second kappa shape index (κ2) is 5.87. The average molecular weight is 292 g/mol. The van der Waals surface area contributed by atoms with Crippen molar-refractivity contribution in [2.75, 3.05) is 25.0 Å². The highest BCUT2D eigenvalue weighted by Crippen LogP contribution is 2.20. The molecule has 116 valence electrons. The molecule has 0 saturated carbocycles. The summed E-state index contributed by atoms with van der Waals surface area (Å²) in [5.41, 5.74) is 0.481. The number of carbonyl (C=O) groups is 1.